The lowest BCUT2D eigenvalue weighted by Crippen LogP contribution is -1.74. The molecular formula is C6H9NO. The van der Waals surface area contributed by atoms with Gasteiger partial charge in [-0.3, -0.25) is 0 Å². The number of anilines is 1. The first-order chi connectivity index (χ1) is 3.89. The number of hydrogen-bond acceptors (Lipinski definition) is 2. The van der Waals surface area contributed by atoms with Gasteiger partial charge in [0.05, 0.1) is 6.26 Å². The molecule has 0 aliphatic carbocycles. The molecule has 0 spiro atoms. The fraction of sp³-hybridized carbons (Fsp3) is 0. The van der Waals surface area contributed by atoms with Crippen LogP contribution in [0.3, 0.4) is 0 Å². The molecule has 0 fully saturated rings. The van der Waals surface area contributed by atoms with E-state index in [9.17, 15) is 0 Å². The van der Waals surface area contributed by atoms with Crippen molar-refractivity contribution in [2.75, 3.05) is 5.73 Å². The summed E-state index contributed by atoms with van der Waals surface area (Å²) in [6, 6.07) is 3.44. The predicted molar refractivity (Wildman–Crippen MR) is 34.4 cm³/mol. The Labute approximate surface area is 48.6 Å². The van der Waals surface area contributed by atoms with Gasteiger partial charge in [-0.2, -0.15) is 0 Å². The number of rotatable bonds is 0. The van der Waals surface area contributed by atoms with Gasteiger partial charge in [0.15, 0.2) is 5.88 Å². The minimum Gasteiger partial charge on any atom is -0.449 e. The lowest BCUT2D eigenvalue weighted by molar-refractivity contribution is 0.588. The summed E-state index contributed by atoms with van der Waals surface area (Å²) in [7, 11) is 0. The summed E-state index contributed by atoms with van der Waals surface area (Å²) in [5, 5.41) is 0. The van der Waals surface area contributed by atoms with E-state index in [4.69, 9.17) is 5.73 Å². The molecule has 1 aromatic rings. The van der Waals surface area contributed by atoms with Crippen LogP contribution in [0.5, 0.6) is 0 Å². The first kappa shape index (κ1) is 6.82. The zero-order valence-electron chi connectivity index (χ0n) is 4.63. The Morgan fingerprint density at radius 2 is 2.12 bits per heavy atom. The first-order valence-electron chi connectivity index (χ1n) is 2.18. The van der Waals surface area contributed by atoms with Gasteiger partial charge >= 0.3 is 0 Å². The Bertz CT molecular complexity index is 123. The minimum atomic E-state index is 0.468. The Morgan fingerprint density at radius 1 is 1.50 bits per heavy atom. The van der Waals surface area contributed by atoms with Crippen molar-refractivity contribution in [3.05, 3.63) is 31.6 Å². The van der Waals surface area contributed by atoms with Gasteiger partial charge in [0, 0.05) is 6.07 Å². The zero-order valence-corrected chi connectivity index (χ0v) is 4.63. The van der Waals surface area contributed by atoms with E-state index >= 15 is 0 Å². The van der Waals surface area contributed by atoms with E-state index in [1.54, 1.807) is 12.1 Å². The third kappa shape index (κ3) is 2.08. The molecule has 44 valence electrons. The summed E-state index contributed by atoms with van der Waals surface area (Å²) in [6.07, 6.45) is 1.54. The molecule has 2 heteroatoms. The molecule has 0 bridgehead atoms. The Balaban J connectivity index is 0.000000222. The predicted octanol–water partition coefficient (Wildman–Crippen LogP) is 1.66. The molecule has 2 nitrogen and oxygen atoms in total. The van der Waals surface area contributed by atoms with E-state index in [2.05, 4.69) is 17.6 Å². The minimum absolute atomic E-state index is 0.468. The van der Waals surface area contributed by atoms with E-state index < -0.39 is 0 Å². The van der Waals surface area contributed by atoms with E-state index in [0.717, 1.165) is 0 Å². The van der Waals surface area contributed by atoms with Crippen LogP contribution in [0.25, 0.3) is 0 Å². The maximum atomic E-state index is 5.11. The van der Waals surface area contributed by atoms with Gasteiger partial charge in [0.25, 0.3) is 0 Å². The molecule has 0 aromatic carbocycles. The molecule has 0 amide bonds. The number of nitrogens with two attached hydrogens (primary N) is 1. The summed E-state index contributed by atoms with van der Waals surface area (Å²) in [5.41, 5.74) is 5.11. The molecule has 0 aliphatic rings. The summed E-state index contributed by atoms with van der Waals surface area (Å²) < 4.78 is 4.61. The van der Waals surface area contributed by atoms with Crippen molar-refractivity contribution in [3.63, 3.8) is 0 Å². The molecule has 0 aliphatic heterocycles. The van der Waals surface area contributed by atoms with Crippen LogP contribution in [0.4, 0.5) is 5.88 Å². The highest BCUT2D eigenvalue weighted by atomic mass is 16.3. The third-order valence-corrected chi connectivity index (χ3v) is 0.543. The Hall–Kier alpha value is -1.18. The van der Waals surface area contributed by atoms with Gasteiger partial charge in [-0.25, -0.2) is 0 Å². The fourth-order valence-corrected chi connectivity index (χ4v) is 0.291. The average Bonchev–Trinajstić information content (AvgIpc) is 2.24. The van der Waals surface area contributed by atoms with Crippen LogP contribution >= 0.6 is 0 Å². The molecular weight excluding hydrogens is 102 g/mol. The van der Waals surface area contributed by atoms with Crippen LogP contribution < -0.4 is 5.73 Å². The maximum Gasteiger partial charge on any atom is 0.190 e. The van der Waals surface area contributed by atoms with Gasteiger partial charge in [0.2, 0.25) is 0 Å². The second-order valence-electron chi connectivity index (χ2n) is 1.02. The van der Waals surface area contributed by atoms with Crippen molar-refractivity contribution in [2.24, 2.45) is 0 Å². The summed E-state index contributed by atoms with van der Waals surface area (Å²) >= 11 is 0. The van der Waals surface area contributed by atoms with Crippen LogP contribution in [0.15, 0.2) is 36.0 Å². The van der Waals surface area contributed by atoms with E-state index in [1.165, 1.54) is 6.26 Å². The summed E-state index contributed by atoms with van der Waals surface area (Å²) in [5.74, 6) is 0.468. The normalized spacial score (nSPS) is 7.00. The van der Waals surface area contributed by atoms with Crippen molar-refractivity contribution in [1.29, 1.82) is 0 Å². The SMILES string of the molecule is C=C.Nc1ccco1. The Kier molecular flexibility index (Phi) is 3.40. The monoisotopic (exact) mass is 111 g/mol. The van der Waals surface area contributed by atoms with Crippen LogP contribution in [0, 0.1) is 0 Å². The quantitative estimate of drug-likeness (QED) is 0.517. The number of furan rings is 1. The lowest BCUT2D eigenvalue weighted by Gasteiger charge is -1.70. The molecule has 1 heterocycles. The Morgan fingerprint density at radius 3 is 2.25 bits per heavy atom. The van der Waals surface area contributed by atoms with Crippen LogP contribution in [-0.4, -0.2) is 0 Å². The van der Waals surface area contributed by atoms with Gasteiger partial charge in [0.1, 0.15) is 0 Å². The molecule has 0 saturated heterocycles. The van der Waals surface area contributed by atoms with Crippen molar-refractivity contribution in [2.45, 2.75) is 0 Å². The largest absolute Gasteiger partial charge is 0.449 e. The average molecular weight is 111 g/mol. The lowest BCUT2D eigenvalue weighted by atomic mass is 10.6. The standard InChI is InChI=1S/C4H5NO.C2H4/c5-4-2-1-3-6-4;1-2/h1-3H,5H2;1-2H2. The second kappa shape index (κ2) is 3.99. The zero-order chi connectivity index (χ0) is 6.41. The van der Waals surface area contributed by atoms with E-state index in [1.807, 2.05) is 0 Å². The van der Waals surface area contributed by atoms with Gasteiger partial charge in [-0.1, -0.05) is 0 Å². The van der Waals surface area contributed by atoms with Crippen molar-refractivity contribution >= 4 is 5.88 Å². The van der Waals surface area contributed by atoms with Gasteiger partial charge < -0.3 is 10.2 Å². The molecule has 1 rings (SSSR count). The highest BCUT2D eigenvalue weighted by Crippen LogP contribution is 1.97. The molecule has 8 heavy (non-hydrogen) atoms. The van der Waals surface area contributed by atoms with E-state index in [-0.39, 0.29) is 0 Å². The van der Waals surface area contributed by atoms with Crippen molar-refractivity contribution < 1.29 is 4.42 Å². The number of hydrogen-bond donors (Lipinski definition) is 1. The van der Waals surface area contributed by atoms with Crippen molar-refractivity contribution in [3.8, 4) is 0 Å². The van der Waals surface area contributed by atoms with Crippen molar-refractivity contribution in [1.82, 2.24) is 0 Å². The highest BCUT2D eigenvalue weighted by molar-refractivity contribution is 5.20. The van der Waals surface area contributed by atoms with Crippen LogP contribution in [0.1, 0.15) is 0 Å². The van der Waals surface area contributed by atoms with Crippen LogP contribution in [-0.2, 0) is 0 Å². The number of nitrogen functional groups attached to an aromatic ring is 1. The summed E-state index contributed by atoms with van der Waals surface area (Å²) in [4.78, 5) is 0. The van der Waals surface area contributed by atoms with Gasteiger partial charge in [-0.15, -0.1) is 13.2 Å². The summed E-state index contributed by atoms with van der Waals surface area (Å²) in [6.45, 7) is 6.00. The van der Waals surface area contributed by atoms with E-state index in [0.29, 0.717) is 5.88 Å². The molecule has 1 aromatic heterocycles. The smallest absolute Gasteiger partial charge is 0.190 e. The van der Waals surface area contributed by atoms with Crippen LogP contribution in [0.2, 0.25) is 0 Å². The first-order valence-corrected chi connectivity index (χ1v) is 2.18. The molecule has 2 N–H and O–H groups in total. The fourth-order valence-electron chi connectivity index (χ4n) is 0.291. The molecule has 0 radical (unpaired) electrons. The molecule has 0 atom stereocenters. The third-order valence-electron chi connectivity index (χ3n) is 0.543. The topological polar surface area (TPSA) is 39.2 Å². The maximum absolute atomic E-state index is 5.11. The molecule has 0 unspecified atom stereocenters. The van der Waals surface area contributed by atoms with Gasteiger partial charge in [-0.05, 0) is 6.07 Å². The second-order valence-corrected chi connectivity index (χ2v) is 1.02. The highest BCUT2D eigenvalue weighted by Gasteiger charge is 1.76. The molecule has 0 saturated carbocycles.